The average Bonchev–Trinajstić information content (AvgIpc) is 2.19. The second kappa shape index (κ2) is 3.77. The maximum atomic E-state index is 11.1. The number of carbonyl (C=O) groups is 1. The van der Waals surface area contributed by atoms with E-state index >= 15 is 0 Å². The van der Waals surface area contributed by atoms with Crippen LogP contribution in [0.3, 0.4) is 0 Å². The average molecular weight is 197 g/mol. The molecule has 2 aliphatic rings. The zero-order valence-corrected chi connectivity index (χ0v) is 8.59. The van der Waals surface area contributed by atoms with E-state index in [1.54, 1.807) is 4.90 Å². The first-order valence-corrected chi connectivity index (χ1v) is 5.51. The van der Waals surface area contributed by atoms with Gasteiger partial charge in [0.05, 0.1) is 0 Å². The fourth-order valence-electron chi connectivity index (χ4n) is 2.70. The molecule has 2 amide bonds. The van der Waals surface area contributed by atoms with Gasteiger partial charge < -0.3 is 16.0 Å². The Morgan fingerprint density at radius 3 is 2.71 bits per heavy atom. The van der Waals surface area contributed by atoms with Gasteiger partial charge in [-0.15, -0.1) is 0 Å². The lowest BCUT2D eigenvalue weighted by molar-refractivity contribution is 0.116. The number of piperidine rings is 2. The van der Waals surface area contributed by atoms with Crippen molar-refractivity contribution in [3.63, 3.8) is 0 Å². The van der Waals surface area contributed by atoms with E-state index in [1.807, 2.05) is 0 Å². The number of rotatable bonds is 0. The molecule has 1 spiro atoms. The Morgan fingerprint density at radius 2 is 2.07 bits per heavy atom. The monoisotopic (exact) mass is 197 g/mol. The summed E-state index contributed by atoms with van der Waals surface area (Å²) in [4.78, 5) is 12.9. The lowest BCUT2D eigenvalue weighted by Gasteiger charge is -2.45. The summed E-state index contributed by atoms with van der Waals surface area (Å²) in [6, 6.07) is -0.267. The summed E-state index contributed by atoms with van der Waals surface area (Å²) in [5, 5.41) is 3.57. The van der Waals surface area contributed by atoms with E-state index in [-0.39, 0.29) is 11.6 Å². The van der Waals surface area contributed by atoms with Crippen molar-refractivity contribution >= 4 is 6.03 Å². The zero-order chi connectivity index (χ0) is 10.0. The quantitative estimate of drug-likeness (QED) is 0.599. The SMILES string of the molecule is NC(=O)N1CCCC2(CCCCN2)C1. The third-order valence-electron chi connectivity index (χ3n) is 3.47. The summed E-state index contributed by atoms with van der Waals surface area (Å²) >= 11 is 0. The first-order valence-electron chi connectivity index (χ1n) is 5.51. The molecule has 1 unspecified atom stereocenters. The van der Waals surface area contributed by atoms with Crippen molar-refractivity contribution in [1.29, 1.82) is 0 Å². The van der Waals surface area contributed by atoms with Crippen molar-refractivity contribution in [1.82, 2.24) is 10.2 Å². The fourth-order valence-corrected chi connectivity index (χ4v) is 2.70. The van der Waals surface area contributed by atoms with Crippen molar-refractivity contribution in [2.24, 2.45) is 5.73 Å². The molecule has 0 aromatic heterocycles. The van der Waals surface area contributed by atoms with E-state index < -0.39 is 0 Å². The van der Waals surface area contributed by atoms with Crippen molar-refractivity contribution in [3.8, 4) is 0 Å². The molecule has 0 saturated carbocycles. The van der Waals surface area contributed by atoms with Crippen molar-refractivity contribution < 1.29 is 4.79 Å². The Bertz CT molecular complexity index is 218. The lowest BCUT2D eigenvalue weighted by Crippen LogP contribution is -2.60. The normalized spacial score (nSPS) is 33.3. The van der Waals surface area contributed by atoms with E-state index in [4.69, 9.17) is 5.73 Å². The van der Waals surface area contributed by atoms with Crippen LogP contribution in [0.15, 0.2) is 0 Å². The topological polar surface area (TPSA) is 58.4 Å². The molecule has 4 heteroatoms. The molecule has 2 heterocycles. The van der Waals surface area contributed by atoms with E-state index in [0.717, 1.165) is 26.1 Å². The van der Waals surface area contributed by atoms with E-state index in [2.05, 4.69) is 5.32 Å². The molecule has 14 heavy (non-hydrogen) atoms. The summed E-state index contributed by atoms with van der Waals surface area (Å²) in [5.41, 5.74) is 5.50. The minimum atomic E-state index is -0.267. The number of primary amides is 1. The number of amides is 2. The first-order chi connectivity index (χ1) is 6.72. The maximum Gasteiger partial charge on any atom is 0.314 e. The van der Waals surface area contributed by atoms with Gasteiger partial charge in [-0.2, -0.15) is 0 Å². The first kappa shape index (κ1) is 9.77. The second-order valence-electron chi connectivity index (χ2n) is 4.53. The molecule has 0 radical (unpaired) electrons. The summed E-state index contributed by atoms with van der Waals surface area (Å²) in [7, 11) is 0. The van der Waals surface area contributed by atoms with Crippen LogP contribution in [0, 0.1) is 0 Å². The Labute approximate surface area is 84.8 Å². The van der Waals surface area contributed by atoms with Crippen molar-refractivity contribution in [2.45, 2.75) is 37.6 Å². The molecule has 80 valence electrons. The highest BCUT2D eigenvalue weighted by Crippen LogP contribution is 2.28. The maximum absolute atomic E-state index is 11.1. The van der Waals surface area contributed by atoms with Crippen LogP contribution < -0.4 is 11.1 Å². The van der Waals surface area contributed by atoms with Gasteiger partial charge in [0.1, 0.15) is 0 Å². The zero-order valence-electron chi connectivity index (χ0n) is 8.59. The van der Waals surface area contributed by atoms with Crippen LogP contribution in [0.1, 0.15) is 32.1 Å². The number of hydrogen-bond donors (Lipinski definition) is 2. The minimum Gasteiger partial charge on any atom is -0.351 e. The summed E-state index contributed by atoms with van der Waals surface area (Å²) < 4.78 is 0. The Morgan fingerprint density at radius 1 is 1.29 bits per heavy atom. The van der Waals surface area contributed by atoms with Crippen LogP contribution in [0.5, 0.6) is 0 Å². The molecule has 3 N–H and O–H groups in total. The van der Waals surface area contributed by atoms with Gasteiger partial charge in [0, 0.05) is 18.6 Å². The lowest BCUT2D eigenvalue weighted by atomic mass is 9.82. The van der Waals surface area contributed by atoms with E-state index in [9.17, 15) is 4.79 Å². The van der Waals surface area contributed by atoms with Crippen LogP contribution in [-0.2, 0) is 0 Å². The van der Waals surface area contributed by atoms with Gasteiger partial charge in [-0.25, -0.2) is 4.79 Å². The van der Waals surface area contributed by atoms with Crippen LogP contribution in [0.4, 0.5) is 4.79 Å². The summed E-state index contributed by atoms with van der Waals surface area (Å²) in [5.74, 6) is 0. The number of urea groups is 1. The van der Waals surface area contributed by atoms with Crippen LogP contribution in [0.2, 0.25) is 0 Å². The molecule has 4 nitrogen and oxygen atoms in total. The number of nitrogens with one attached hydrogen (secondary N) is 1. The third-order valence-corrected chi connectivity index (χ3v) is 3.47. The van der Waals surface area contributed by atoms with Crippen LogP contribution >= 0.6 is 0 Å². The van der Waals surface area contributed by atoms with Gasteiger partial charge in [0.25, 0.3) is 0 Å². The molecule has 1 atom stereocenters. The number of nitrogens with two attached hydrogens (primary N) is 1. The number of likely N-dealkylation sites (tertiary alicyclic amines) is 1. The Hall–Kier alpha value is -0.770. The second-order valence-corrected chi connectivity index (χ2v) is 4.53. The predicted octanol–water partition coefficient (Wildman–Crippen LogP) is 0.673. The molecule has 2 aliphatic heterocycles. The highest BCUT2D eigenvalue weighted by atomic mass is 16.2. The molecule has 0 aliphatic carbocycles. The molecule has 2 fully saturated rings. The predicted molar refractivity (Wildman–Crippen MR) is 55.0 cm³/mol. The Kier molecular flexibility index (Phi) is 2.63. The molecule has 0 aromatic rings. The fraction of sp³-hybridized carbons (Fsp3) is 0.900. The number of carbonyl (C=O) groups excluding carboxylic acids is 1. The molecule has 0 bridgehead atoms. The summed E-state index contributed by atoms with van der Waals surface area (Å²) in [6.45, 7) is 2.73. The Balaban J connectivity index is 2.01. The largest absolute Gasteiger partial charge is 0.351 e. The standard InChI is InChI=1S/C10H19N3O/c11-9(14)13-7-3-5-10(8-13)4-1-2-6-12-10/h12H,1-8H2,(H2,11,14). The van der Waals surface area contributed by atoms with Crippen LogP contribution in [0.25, 0.3) is 0 Å². The van der Waals surface area contributed by atoms with Gasteiger partial charge in [-0.3, -0.25) is 0 Å². The number of hydrogen-bond acceptors (Lipinski definition) is 2. The van der Waals surface area contributed by atoms with E-state index in [1.165, 1.54) is 25.7 Å². The molecular formula is C10H19N3O. The molecule has 0 aromatic carbocycles. The van der Waals surface area contributed by atoms with E-state index in [0.29, 0.717) is 0 Å². The van der Waals surface area contributed by atoms with Gasteiger partial charge in [-0.1, -0.05) is 6.42 Å². The molecular weight excluding hydrogens is 178 g/mol. The molecule has 2 rings (SSSR count). The number of nitrogens with zero attached hydrogens (tertiary/aromatic N) is 1. The highest BCUT2D eigenvalue weighted by molar-refractivity contribution is 5.72. The van der Waals surface area contributed by atoms with Gasteiger partial charge >= 0.3 is 6.03 Å². The van der Waals surface area contributed by atoms with Crippen LogP contribution in [-0.4, -0.2) is 36.1 Å². The third kappa shape index (κ3) is 1.85. The minimum absolute atomic E-state index is 0.186. The van der Waals surface area contributed by atoms with Crippen molar-refractivity contribution in [3.05, 3.63) is 0 Å². The van der Waals surface area contributed by atoms with Crippen molar-refractivity contribution in [2.75, 3.05) is 19.6 Å². The van der Waals surface area contributed by atoms with Gasteiger partial charge in [-0.05, 0) is 32.2 Å². The highest BCUT2D eigenvalue weighted by Gasteiger charge is 2.37. The van der Waals surface area contributed by atoms with Gasteiger partial charge in [0.2, 0.25) is 0 Å². The van der Waals surface area contributed by atoms with Gasteiger partial charge in [0.15, 0.2) is 0 Å². The molecule has 2 saturated heterocycles. The summed E-state index contributed by atoms with van der Waals surface area (Å²) in [6.07, 6.45) is 6.00. The smallest absolute Gasteiger partial charge is 0.314 e.